The van der Waals surface area contributed by atoms with Gasteiger partial charge in [0.05, 0.1) is 10.9 Å². The fourth-order valence-corrected chi connectivity index (χ4v) is 4.41. The molecule has 0 radical (unpaired) electrons. The molecule has 0 saturated heterocycles. The Morgan fingerprint density at radius 1 is 1.10 bits per heavy atom. The van der Waals surface area contributed by atoms with Crippen LogP contribution in [0, 0.1) is 0 Å². The van der Waals surface area contributed by atoms with Crippen molar-refractivity contribution in [3.8, 4) is 0 Å². The van der Waals surface area contributed by atoms with Crippen molar-refractivity contribution in [3.63, 3.8) is 0 Å². The number of nitrogens with two attached hydrogens (primary N) is 1. The van der Waals surface area contributed by atoms with Crippen molar-refractivity contribution in [2.24, 2.45) is 5.73 Å². The fraction of sp³-hybridized carbons (Fsp3) is 0.375. The van der Waals surface area contributed by atoms with Crippen molar-refractivity contribution < 1.29 is 8.42 Å². The molecule has 0 heterocycles. The Bertz CT molecular complexity index is 704. The number of rotatable bonds is 6. The van der Waals surface area contributed by atoms with Crippen LogP contribution in [0.5, 0.6) is 0 Å². The van der Waals surface area contributed by atoms with E-state index in [0.717, 1.165) is 16.5 Å². The molecule has 2 aromatic rings. The summed E-state index contributed by atoms with van der Waals surface area (Å²) in [7, 11) is -3.45. The van der Waals surface area contributed by atoms with Crippen LogP contribution in [0.1, 0.15) is 20.3 Å². The highest BCUT2D eigenvalue weighted by atomic mass is 32.2. The van der Waals surface area contributed by atoms with Gasteiger partial charge < -0.3 is 5.73 Å². The summed E-state index contributed by atoms with van der Waals surface area (Å²) in [5.74, 6) is 0. The summed E-state index contributed by atoms with van der Waals surface area (Å²) >= 11 is 0. The van der Waals surface area contributed by atoms with Gasteiger partial charge >= 0.3 is 0 Å². The molecule has 1 atom stereocenters. The Hall–Kier alpha value is -1.59. The summed E-state index contributed by atoms with van der Waals surface area (Å²) < 4.78 is 27.1. The van der Waals surface area contributed by atoms with Crippen molar-refractivity contribution in [2.45, 2.75) is 25.5 Å². The molecule has 0 aliphatic carbocycles. The first kappa shape index (κ1) is 15.8. The number of anilines is 1. The van der Waals surface area contributed by atoms with E-state index in [9.17, 15) is 8.42 Å². The summed E-state index contributed by atoms with van der Waals surface area (Å²) in [4.78, 5) is 0. The molecule has 0 amide bonds. The van der Waals surface area contributed by atoms with Crippen LogP contribution < -0.4 is 10.0 Å². The molecule has 2 rings (SSSR count). The van der Waals surface area contributed by atoms with E-state index in [1.165, 1.54) is 4.31 Å². The fourth-order valence-electron chi connectivity index (χ4n) is 2.59. The van der Waals surface area contributed by atoms with Crippen LogP contribution in [0.15, 0.2) is 42.5 Å². The number of hydrogen-bond acceptors (Lipinski definition) is 3. The molecule has 2 N–H and O–H groups in total. The van der Waals surface area contributed by atoms with Gasteiger partial charge in [-0.1, -0.05) is 43.3 Å². The standard InChI is InChI=1S/C16H22N2O2S/c1-3-14(12-17)21(19,20)18(4-2)16-11-7-9-13-8-5-6-10-15(13)16/h5-11,14H,3-4,12,17H2,1-2H3. The lowest BCUT2D eigenvalue weighted by Gasteiger charge is -2.28. The lowest BCUT2D eigenvalue weighted by Crippen LogP contribution is -2.42. The lowest BCUT2D eigenvalue weighted by atomic mass is 10.1. The van der Waals surface area contributed by atoms with Gasteiger partial charge in [-0.05, 0) is 24.8 Å². The van der Waals surface area contributed by atoms with E-state index < -0.39 is 15.3 Å². The maximum absolute atomic E-state index is 12.8. The third kappa shape index (κ3) is 2.89. The summed E-state index contributed by atoms with van der Waals surface area (Å²) in [5, 5.41) is 1.43. The van der Waals surface area contributed by atoms with E-state index in [0.29, 0.717) is 13.0 Å². The van der Waals surface area contributed by atoms with Crippen LogP contribution in [-0.2, 0) is 10.0 Å². The zero-order valence-corrected chi connectivity index (χ0v) is 13.3. The van der Waals surface area contributed by atoms with Crippen LogP contribution >= 0.6 is 0 Å². The van der Waals surface area contributed by atoms with E-state index in [-0.39, 0.29) is 6.54 Å². The predicted octanol–water partition coefficient (Wildman–Crippen LogP) is 2.73. The minimum atomic E-state index is -3.45. The van der Waals surface area contributed by atoms with Gasteiger partial charge in [-0.3, -0.25) is 4.31 Å². The maximum atomic E-state index is 12.8. The third-order valence-corrected chi connectivity index (χ3v) is 6.21. The summed E-state index contributed by atoms with van der Waals surface area (Å²) in [6.07, 6.45) is 0.514. The van der Waals surface area contributed by atoms with Gasteiger partial charge in [-0.15, -0.1) is 0 Å². The smallest absolute Gasteiger partial charge is 0.239 e. The first-order valence-corrected chi connectivity index (χ1v) is 8.75. The van der Waals surface area contributed by atoms with Gasteiger partial charge in [0.1, 0.15) is 0 Å². The van der Waals surface area contributed by atoms with Gasteiger partial charge in [0.25, 0.3) is 0 Å². The molecule has 0 aliphatic heterocycles. The Balaban J connectivity index is 2.60. The molecule has 5 heteroatoms. The maximum Gasteiger partial charge on any atom is 0.239 e. The van der Waals surface area contributed by atoms with Gasteiger partial charge in [0.15, 0.2) is 0 Å². The van der Waals surface area contributed by atoms with Crippen molar-refractivity contribution in [1.29, 1.82) is 0 Å². The number of nitrogens with zero attached hydrogens (tertiary/aromatic N) is 1. The molecule has 0 bridgehead atoms. The van der Waals surface area contributed by atoms with Gasteiger partial charge in [-0.2, -0.15) is 0 Å². The van der Waals surface area contributed by atoms with E-state index in [2.05, 4.69) is 0 Å². The van der Waals surface area contributed by atoms with Crippen molar-refractivity contribution in [2.75, 3.05) is 17.4 Å². The number of fused-ring (bicyclic) bond motifs is 1. The third-order valence-electron chi connectivity index (χ3n) is 3.77. The van der Waals surface area contributed by atoms with E-state index in [4.69, 9.17) is 5.73 Å². The Morgan fingerprint density at radius 3 is 2.38 bits per heavy atom. The highest BCUT2D eigenvalue weighted by Gasteiger charge is 2.29. The molecule has 0 spiro atoms. The Kier molecular flexibility index (Phi) is 4.85. The van der Waals surface area contributed by atoms with Crippen LogP contribution in [0.25, 0.3) is 10.8 Å². The predicted molar refractivity (Wildman–Crippen MR) is 89.0 cm³/mol. The molecular weight excluding hydrogens is 284 g/mol. The van der Waals surface area contributed by atoms with Crippen LogP contribution in [0.3, 0.4) is 0 Å². The quantitative estimate of drug-likeness (QED) is 0.892. The van der Waals surface area contributed by atoms with E-state index in [1.807, 2.05) is 56.3 Å². The Labute approximate surface area is 126 Å². The SMILES string of the molecule is CCC(CN)S(=O)(=O)N(CC)c1cccc2ccccc12. The summed E-state index contributed by atoms with van der Waals surface area (Å²) in [6.45, 7) is 4.24. The van der Waals surface area contributed by atoms with Crippen molar-refractivity contribution in [3.05, 3.63) is 42.5 Å². The highest BCUT2D eigenvalue weighted by Crippen LogP contribution is 2.30. The van der Waals surface area contributed by atoms with Crippen molar-refractivity contribution in [1.82, 2.24) is 0 Å². The molecule has 0 aromatic heterocycles. The minimum absolute atomic E-state index is 0.139. The minimum Gasteiger partial charge on any atom is -0.329 e. The van der Waals surface area contributed by atoms with Gasteiger partial charge in [-0.25, -0.2) is 8.42 Å². The zero-order chi connectivity index (χ0) is 15.5. The van der Waals surface area contributed by atoms with Crippen LogP contribution in [0.4, 0.5) is 5.69 Å². The van der Waals surface area contributed by atoms with Crippen LogP contribution in [-0.4, -0.2) is 26.8 Å². The molecule has 4 nitrogen and oxygen atoms in total. The monoisotopic (exact) mass is 306 g/mol. The largest absolute Gasteiger partial charge is 0.329 e. The second-order valence-electron chi connectivity index (χ2n) is 4.97. The van der Waals surface area contributed by atoms with E-state index in [1.54, 1.807) is 0 Å². The topological polar surface area (TPSA) is 63.4 Å². The Morgan fingerprint density at radius 2 is 1.76 bits per heavy atom. The first-order valence-electron chi connectivity index (χ1n) is 7.25. The molecule has 0 saturated carbocycles. The molecular formula is C16H22N2O2S. The molecule has 114 valence electrons. The second kappa shape index (κ2) is 6.45. The molecule has 0 aliphatic rings. The number of sulfonamides is 1. The van der Waals surface area contributed by atoms with Gasteiger partial charge in [0.2, 0.25) is 10.0 Å². The van der Waals surface area contributed by atoms with E-state index >= 15 is 0 Å². The molecule has 2 aromatic carbocycles. The summed E-state index contributed by atoms with van der Waals surface area (Å²) in [5.41, 5.74) is 6.37. The highest BCUT2D eigenvalue weighted by molar-refractivity contribution is 7.93. The van der Waals surface area contributed by atoms with Crippen molar-refractivity contribution >= 4 is 26.5 Å². The molecule has 0 fully saturated rings. The van der Waals surface area contributed by atoms with Gasteiger partial charge in [0, 0.05) is 18.5 Å². The lowest BCUT2D eigenvalue weighted by molar-refractivity contribution is 0.572. The summed E-state index contributed by atoms with van der Waals surface area (Å²) in [6, 6.07) is 13.5. The zero-order valence-electron chi connectivity index (χ0n) is 12.5. The number of hydrogen-bond donors (Lipinski definition) is 1. The normalized spacial score (nSPS) is 13.3. The first-order chi connectivity index (χ1) is 10.1. The van der Waals surface area contributed by atoms with Crippen LogP contribution in [0.2, 0.25) is 0 Å². The number of benzene rings is 2. The second-order valence-corrected chi connectivity index (χ2v) is 7.11. The molecule has 21 heavy (non-hydrogen) atoms. The molecule has 1 unspecified atom stereocenters. The average molecular weight is 306 g/mol. The average Bonchev–Trinajstić information content (AvgIpc) is 2.49.